The van der Waals surface area contributed by atoms with Crippen LogP contribution in [-0.2, 0) is 5.54 Å². The van der Waals surface area contributed by atoms with Gasteiger partial charge in [0.1, 0.15) is 0 Å². The zero-order valence-electron chi connectivity index (χ0n) is 12.9. The molecular weight excluding hydrogens is 286 g/mol. The maximum Gasteiger partial charge on any atom is 0.165 e. The van der Waals surface area contributed by atoms with Crippen LogP contribution in [0.25, 0.3) is 0 Å². The molecule has 3 nitrogen and oxygen atoms in total. The molecule has 1 aromatic carbocycles. The molecule has 0 amide bonds. The second-order valence-electron chi connectivity index (χ2n) is 6.54. The number of benzene rings is 1. The Hall–Kier alpha value is -0.930. The third kappa shape index (κ3) is 2.62. The number of hydrogen-bond acceptors (Lipinski definition) is 3. The number of halogens is 1. The molecular formula is C17H24ClNO2. The van der Waals surface area contributed by atoms with Gasteiger partial charge in [-0.3, -0.25) is 0 Å². The van der Waals surface area contributed by atoms with E-state index in [-0.39, 0.29) is 5.54 Å². The van der Waals surface area contributed by atoms with E-state index in [0.717, 1.165) is 46.9 Å². The van der Waals surface area contributed by atoms with Crippen molar-refractivity contribution in [2.75, 3.05) is 13.2 Å². The maximum atomic E-state index is 6.71. The van der Waals surface area contributed by atoms with E-state index in [1.165, 1.54) is 12.8 Å². The Labute approximate surface area is 131 Å². The summed E-state index contributed by atoms with van der Waals surface area (Å²) in [7, 11) is 0. The van der Waals surface area contributed by atoms with Gasteiger partial charge < -0.3 is 15.2 Å². The van der Waals surface area contributed by atoms with Crippen molar-refractivity contribution in [1.29, 1.82) is 0 Å². The summed E-state index contributed by atoms with van der Waals surface area (Å²) in [5.41, 5.74) is 8.62. The van der Waals surface area contributed by atoms with E-state index in [4.69, 9.17) is 26.8 Å². The molecule has 0 aromatic heterocycles. The minimum Gasteiger partial charge on any atom is -0.489 e. The highest BCUT2D eigenvalue weighted by molar-refractivity contribution is 6.31. The van der Waals surface area contributed by atoms with Gasteiger partial charge in [0.15, 0.2) is 11.5 Å². The Kier molecular flexibility index (Phi) is 4.06. The summed E-state index contributed by atoms with van der Waals surface area (Å²) in [4.78, 5) is 0. The third-order valence-corrected chi connectivity index (χ3v) is 4.90. The molecule has 3 rings (SSSR count). The highest BCUT2D eigenvalue weighted by Gasteiger charge is 2.38. The minimum absolute atomic E-state index is 0.301. The summed E-state index contributed by atoms with van der Waals surface area (Å²) in [5, 5.41) is 0.729. The van der Waals surface area contributed by atoms with Crippen LogP contribution in [0.4, 0.5) is 0 Å². The third-order valence-electron chi connectivity index (χ3n) is 4.60. The number of fused-ring (bicyclic) bond motifs is 1. The molecule has 0 spiro atoms. The van der Waals surface area contributed by atoms with Crippen LogP contribution in [0.5, 0.6) is 11.5 Å². The molecule has 0 atom stereocenters. The lowest BCUT2D eigenvalue weighted by Gasteiger charge is -2.31. The van der Waals surface area contributed by atoms with Crippen LogP contribution in [0.15, 0.2) is 6.07 Å². The average Bonchev–Trinajstić information content (AvgIpc) is 2.73. The molecule has 116 valence electrons. The lowest BCUT2D eigenvalue weighted by atomic mass is 9.81. The fraction of sp³-hybridized carbons (Fsp3) is 0.647. The van der Waals surface area contributed by atoms with Crippen molar-refractivity contribution in [3.63, 3.8) is 0 Å². The van der Waals surface area contributed by atoms with Crippen molar-refractivity contribution in [2.45, 2.75) is 57.4 Å². The molecule has 1 aliphatic heterocycles. The van der Waals surface area contributed by atoms with Crippen LogP contribution in [0, 0.1) is 0 Å². The second-order valence-corrected chi connectivity index (χ2v) is 6.95. The van der Waals surface area contributed by atoms with E-state index in [1.807, 2.05) is 6.07 Å². The van der Waals surface area contributed by atoms with E-state index in [9.17, 15) is 0 Å². The van der Waals surface area contributed by atoms with Gasteiger partial charge in [-0.05, 0) is 24.3 Å². The van der Waals surface area contributed by atoms with Gasteiger partial charge in [0.2, 0.25) is 0 Å². The van der Waals surface area contributed by atoms with Gasteiger partial charge in [-0.25, -0.2) is 0 Å². The molecule has 0 bridgehead atoms. The van der Waals surface area contributed by atoms with Crippen molar-refractivity contribution < 1.29 is 9.47 Å². The SMILES string of the molecule is CC(C)c1c2c(cc(Cl)c1C1(N)CCCC1)OCCCO2. The summed E-state index contributed by atoms with van der Waals surface area (Å²) in [6.45, 7) is 5.70. The highest BCUT2D eigenvalue weighted by Crippen LogP contribution is 2.50. The predicted octanol–water partition coefficient (Wildman–Crippen LogP) is 4.35. The monoisotopic (exact) mass is 309 g/mol. The van der Waals surface area contributed by atoms with Crippen LogP contribution in [-0.4, -0.2) is 13.2 Å². The molecule has 0 radical (unpaired) electrons. The first-order valence-electron chi connectivity index (χ1n) is 7.94. The van der Waals surface area contributed by atoms with E-state index < -0.39 is 0 Å². The molecule has 1 aliphatic carbocycles. The van der Waals surface area contributed by atoms with E-state index in [1.54, 1.807) is 0 Å². The van der Waals surface area contributed by atoms with Crippen LogP contribution >= 0.6 is 11.6 Å². The van der Waals surface area contributed by atoms with Gasteiger partial charge in [-0.2, -0.15) is 0 Å². The lowest BCUT2D eigenvalue weighted by molar-refractivity contribution is 0.295. The highest BCUT2D eigenvalue weighted by atomic mass is 35.5. The first-order valence-corrected chi connectivity index (χ1v) is 8.32. The normalized spacial score (nSPS) is 20.6. The fourth-order valence-corrected chi connectivity index (χ4v) is 4.00. The van der Waals surface area contributed by atoms with Crippen LogP contribution in [0.3, 0.4) is 0 Å². The number of rotatable bonds is 2. The standard InChI is InChI=1S/C17H24ClNO2/c1-11(2)14-15(17(19)6-3-4-7-17)12(18)10-13-16(14)21-9-5-8-20-13/h10-11H,3-9,19H2,1-2H3. The smallest absolute Gasteiger partial charge is 0.165 e. The Morgan fingerprint density at radius 2 is 1.81 bits per heavy atom. The van der Waals surface area contributed by atoms with E-state index in [2.05, 4.69) is 13.8 Å². The van der Waals surface area contributed by atoms with Crippen molar-refractivity contribution in [1.82, 2.24) is 0 Å². The molecule has 0 saturated heterocycles. The lowest BCUT2D eigenvalue weighted by Crippen LogP contribution is -2.35. The van der Waals surface area contributed by atoms with Gasteiger partial charge >= 0.3 is 0 Å². The van der Waals surface area contributed by atoms with Gasteiger partial charge in [-0.1, -0.05) is 38.3 Å². The van der Waals surface area contributed by atoms with Crippen molar-refractivity contribution in [2.24, 2.45) is 5.73 Å². The van der Waals surface area contributed by atoms with Crippen LogP contribution < -0.4 is 15.2 Å². The second kappa shape index (κ2) is 5.69. The summed E-state index contributed by atoms with van der Waals surface area (Å²) >= 11 is 6.62. The largest absolute Gasteiger partial charge is 0.489 e. The molecule has 2 N–H and O–H groups in total. The van der Waals surface area contributed by atoms with Crippen molar-refractivity contribution in [3.8, 4) is 11.5 Å². The fourth-order valence-electron chi connectivity index (χ4n) is 3.61. The maximum absolute atomic E-state index is 6.71. The minimum atomic E-state index is -0.318. The molecule has 1 fully saturated rings. The summed E-state index contributed by atoms with van der Waals surface area (Å²) in [5.74, 6) is 1.93. The number of ether oxygens (including phenoxy) is 2. The van der Waals surface area contributed by atoms with Crippen molar-refractivity contribution >= 4 is 11.6 Å². The molecule has 4 heteroatoms. The quantitative estimate of drug-likeness (QED) is 0.883. The summed E-state index contributed by atoms with van der Waals surface area (Å²) in [6.07, 6.45) is 5.21. The molecule has 0 unspecified atom stereocenters. The van der Waals surface area contributed by atoms with Gasteiger partial charge in [0.05, 0.1) is 13.2 Å². The predicted molar refractivity (Wildman–Crippen MR) is 85.5 cm³/mol. The van der Waals surface area contributed by atoms with Gasteiger partial charge in [0.25, 0.3) is 0 Å². The summed E-state index contributed by atoms with van der Waals surface area (Å²) < 4.78 is 11.8. The zero-order chi connectivity index (χ0) is 15.0. The van der Waals surface area contributed by atoms with Crippen LogP contribution in [0.1, 0.15) is 63.0 Å². The Bertz CT molecular complexity index is 536. The van der Waals surface area contributed by atoms with Crippen molar-refractivity contribution in [3.05, 3.63) is 22.2 Å². The average molecular weight is 310 g/mol. The van der Waals surface area contributed by atoms with E-state index >= 15 is 0 Å². The molecule has 1 heterocycles. The molecule has 2 aliphatic rings. The number of hydrogen-bond donors (Lipinski definition) is 1. The van der Waals surface area contributed by atoms with Crippen LogP contribution in [0.2, 0.25) is 5.02 Å². The first kappa shape index (κ1) is 15.0. The van der Waals surface area contributed by atoms with E-state index in [0.29, 0.717) is 19.1 Å². The first-order chi connectivity index (χ1) is 10.0. The van der Waals surface area contributed by atoms with Gasteiger partial charge in [-0.15, -0.1) is 0 Å². The molecule has 21 heavy (non-hydrogen) atoms. The Balaban J connectivity index is 2.21. The topological polar surface area (TPSA) is 44.5 Å². The molecule has 1 aromatic rings. The Morgan fingerprint density at radius 1 is 1.14 bits per heavy atom. The zero-order valence-corrected chi connectivity index (χ0v) is 13.6. The number of nitrogens with two attached hydrogens (primary N) is 1. The van der Waals surface area contributed by atoms with Gasteiger partial charge in [0, 0.05) is 28.6 Å². The Morgan fingerprint density at radius 3 is 2.48 bits per heavy atom. The summed E-state index contributed by atoms with van der Waals surface area (Å²) in [6, 6.07) is 1.90. The molecule has 1 saturated carbocycles.